The maximum Gasteiger partial charge on any atom is 0.254 e. The summed E-state index contributed by atoms with van der Waals surface area (Å²) in [6.07, 6.45) is 3.70. The molecule has 4 aromatic rings. The summed E-state index contributed by atoms with van der Waals surface area (Å²) in [5.74, 6) is 2.40. The van der Waals surface area contributed by atoms with Crippen molar-refractivity contribution in [1.82, 2.24) is 24.6 Å². The Kier molecular flexibility index (Phi) is 5.51. The maximum atomic E-state index is 12.2. The smallest absolute Gasteiger partial charge is 0.254 e. The van der Waals surface area contributed by atoms with Crippen LogP contribution in [-0.2, 0) is 4.79 Å². The van der Waals surface area contributed by atoms with E-state index in [0.717, 1.165) is 28.5 Å². The van der Waals surface area contributed by atoms with Crippen molar-refractivity contribution >= 4 is 23.2 Å². The molecule has 0 saturated carbocycles. The van der Waals surface area contributed by atoms with E-state index < -0.39 is 0 Å². The van der Waals surface area contributed by atoms with E-state index in [9.17, 15) is 4.79 Å². The van der Waals surface area contributed by atoms with Crippen molar-refractivity contribution < 1.29 is 9.53 Å². The Hall–Kier alpha value is -4.01. The van der Waals surface area contributed by atoms with Gasteiger partial charge in [-0.05, 0) is 43.3 Å². The number of carbonyl (C=O) groups excluding carboxylic acids is 1. The van der Waals surface area contributed by atoms with Gasteiger partial charge in [0.1, 0.15) is 11.6 Å². The van der Waals surface area contributed by atoms with Crippen molar-refractivity contribution in [1.29, 1.82) is 0 Å². The molecule has 3 aromatic heterocycles. The number of nitrogens with one attached hydrogen (secondary N) is 2. The van der Waals surface area contributed by atoms with Crippen LogP contribution >= 0.6 is 0 Å². The first kappa shape index (κ1) is 19.3. The van der Waals surface area contributed by atoms with Crippen LogP contribution in [0.2, 0.25) is 0 Å². The predicted molar refractivity (Wildman–Crippen MR) is 113 cm³/mol. The van der Waals surface area contributed by atoms with E-state index in [1.54, 1.807) is 48.3 Å². The molecule has 1 amide bonds. The highest BCUT2D eigenvalue weighted by molar-refractivity contribution is 5.91. The number of pyridine rings is 1. The minimum absolute atomic E-state index is 0.0932. The fraction of sp³-hybridized carbons (Fsp3) is 0.190. The number of hydrogen-bond donors (Lipinski definition) is 2. The summed E-state index contributed by atoms with van der Waals surface area (Å²) in [5.41, 5.74) is 2.34. The highest BCUT2D eigenvalue weighted by atomic mass is 16.5. The summed E-state index contributed by atoms with van der Waals surface area (Å²) in [6.45, 7) is 2.32. The summed E-state index contributed by atoms with van der Waals surface area (Å²) >= 11 is 0. The van der Waals surface area contributed by atoms with Crippen molar-refractivity contribution in [2.45, 2.75) is 13.3 Å². The van der Waals surface area contributed by atoms with Gasteiger partial charge in [0, 0.05) is 48.4 Å². The van der Waals surface area contributed by atoms with Gasteiger partial charge in [-0.3, -0.25) is 9.78 Å². The lowest BCUT2D eigenvalue weighted by Crippen LogP contribution is -2.17. The largest absolute Gasteiger partial charge is 0.497 e. The van der Waals surface area contributed by atoms with Gasteiger partial charge >= 0.3 is 0 Å². The van der Waals surface area contributed by atoms with Crippen LogP contribution in [-0.4, -0.2) is 44.1 Å². The molecular formula is C21H21N7O2. The Morgan fingerprint density at radius 2 is 2.00 bits per heavy atom. The number of hydrogen-bond acceptors (Lipinski definition) is 7. The van der Waals surface area contributed by atoms with Gasteiger partial charge in [0.2, 0.25) is 5.91 Å². The van der Waals surface area contributed by atoms with Crippen molar-refractivity contribution in [3.05, 3.63) is 60.6 Å². The Labute approximate surface area is 173 Å². The van der Waals surface area contributed by atoms with Crippen LogP contribution in [0, 0.1) is 6.92 Å². The predicted octanol–water partition coefficient (Wildman–Crippen LogP) is 2.94. The molecule has 30 heavy (non-hydrogen) atoms. The zero-order chi connectivity index (χ0) is 20.9. The molecule has 0 unspecified atom stereocenters. The van der Waals surface area contributed by atoms with Crippen molar-refractivity contribution in [2.24, 2.45) is 0 Å². The number of methoxy groups -OCH3 is 1. The summed E-state index contributed by atoms with van der Waals surface area (Å²) < 4.78 is 6.75. The highest BCUT2D eigenvalue weighted by Gasteiger charge is 2.12. The van der Waals surface area contributed by atoms with Crippen LogP contribution in [0.3, 0.4) is 0 Å². The third kappa shape index (κ3) is 4.35. The van der Waals surface area contributed by atoms with Gasteiger partial charge in [-0.15, -0.1) is 5.10 Å². The molecule has 0 fully saturated rings. The minimum atomic E-state index is -0.0932. The number of aryl methyl sites for hydroxylation is 1. The van der Waals surface area contributed by atoms with Gasteiger partial charge in [-0.1, -0.05) is 0 Å². The van der Waals surface area contributed by atoms with Gasteiger partial charge in [-0.2, -0.15) is 9.50 Å². The highest BCUT2D eigenvalue weighted by Crippen LogP contribution is 2.18. The Bertz CT molecular complexity index is 1160. The maximum absolute atomic E-state index is 12.2. The van der Waals surface area contributed by atoms with E-state index in [-0.39, 0.29) is 5.91 Å². The average molecular weight is 403 g/mol. The number of nitrogens with zero attached hydrogens (tertiary/aromatic N) is 5. The number of benzene rings is 1. The molecular weight excluding hydrogens is 382 g/mol. The lowest BCUT2D eigenvalue weighted by atomic mass is 10.3. The van der Waals surface area contributed by atoms with Gasteiger partial charge in [0.05, 0.1) is 7.11 Å². The molecule has 0 saturated heterocycles. The summed E-state index contributed by atoms with van der Waals surface area (Å²) in [6, 6.07) is 12.8. The van der Waals surface area contributed by atoms with Gasteiger partial charge in [0.15, 0.2) is 5.82 Å². The number of fused-ring (bicyclic) bond motifs is 1. The van der Waals surface area contributed by atoms with Crippen LogP contribution in [0.4, 0.5) is 11.5 Å². The first-order valence-corrected chi connectivity index (χ1v) is 9.45. The number of amides is 1. The third-order valence-corrected chi connectivity index (χ3v) is 4.39. The number of carbonyl (C=O) groups is 1. The summed E-state index contributed by atoms with van der Waals surface area (Å²) in [5, 5.41) is 10.7. The van der Waals surface area contributed by atoms with E-state index in [1.165, 1.54) is 0 Å². The molecule has 2 N–H and O–H groups in total. The van der Waals surface area contributed by atoms with E-state index >= 15 is 0 Å². The quantitative estimate of drug-likeness (QED) is 0.489. The van der Waals surface area contributed by atoms with E-state index in [2.05, 4.69) is 30.7 Å². The van der Waals surface area contributed by atoms with Crippen LogP contribution in [0.15, 0.2) is 54.9 Å². The minimum Gasteiger partial charge on any atom is -0.497 e. The molecule has 0 radical (unpaired) electrons. The van der Waals surface area contributed by atoms with E-state index in [4.69, 9.17) is 4.74 Å². The Balaban J connectivity index is 1.43. The Morgan fingerprint density at radius 3 is 2.73 bits per heavy atom. The van der Waals surface area contributed by atoms with Crippen LogP contribution in [0.1, 0.15) is 12.1 Å². The van der Waals surface area contributed by atoms with Gasteiger partial charge in [0.25, 0.3) is 5.78 Å². The van der Waals surface area contributed by atoms with Crippen LogP contribution < -0.4 is 15.4 Å². The lowest BCUT2D eigenvalue weighted by molar-refractivity contribution is -0.115. The van der Waals surface area contributed by atoms with E-state index in [0.29, 0.717) is 24.6 Å². The molecule has 0 aliphatic carbocycles. The van der Waals surface area contributed by atoms with E-state index in [1.807, 2.05) is 25.1 Å². The third-order valence-electron chi connectivity index (χ3n) is 4.39. The van der Waals surface area contributed by atoms with Gasteiger partial charge < -0.3 is 15.4 Å². The van der Waals surface area contributed by atoms with Gasteiger partial charge in [-0.25, -0.2) is 4.98 Å². The monoisotopic (exact) mass is 403 g/mol. The first-order valence-electron chi connectivity index (χ1n) is 9.45. The fourth-order valence-electron chi connectivity index (χ4n) is 2.93. The first-order chi connectivity index (χ1) is 14.6. The standard InChI is InChI=1S/C21H21N7O2/c1-14-12-18(23-11-9-19(29)25-16-5-7-17(30-2)8-6-16)28-21(24-14)26-20(27-28)15-4-3-10-22-13-15/h3-8,10,12-13,23H,9,11H2,1-2H3,(H,25,29). The number of anilines is 2. The molecule has 152 valence electrons. The van der Waals surface area contributed by atoms with Crippen LogP contribution in [0.25, 0.3) is 17.2 Å². The molecule has 1 aromatic carbocycles. The fourth-order valence-corrected chi connectivity index (χ4v) is 2.93. The topological polar surface area (TPSA) is 106 Å². The van der Waals surface area contributed by atoms with Crippen molar-refractivity contribution in [3.63, 3.8) is 0 Å². The zero-order valence-corrected chi connectivity index (χ0v) is 16.7. The molecule has 4 rings (SSSR count). The number of aromatic nitrogens is 5. The van der Waals surface area contributed by atoms with Crippen molar-refractivity contribution in [2.75, 3.05) is 24.3 Å². The molecule has 0 spiro atoms. The second-order valence-electron chi connectivity index (χ2n) is 6.63. The molecule has 0 bridgehead atoms. The molecule has 0 aliphatic heterocycles. The average Bonchev–Trinajstić information content (AvgIpc) is 3.19. The molecule has 0 atom stereocenters. The van der Waals surface area contributed by atoms with Crippen molar-refractivity contribution in [3.8, 4) is 17.1 Å². The zero-order valence-electron chi connectivity index (χ0n) is 16.7. The summed E-state index contributed by atoms with van der Waals surface area (Å²) in [7, 11) is 1.60. The molecule has 9 heteroatoms. The lowest BCUT2D eigenvalue weighted by Gasteiger charge is -2.09. The van der Waals surface area contributed by atoms with Crippen LogP contribution in [0.5, 0.6) is 5.75 Å². The molecule has 9 nitrogen and oxygen atoms in total. The molecule has 3 heterocycles. The normalized spacial score (nSPS) is 10.7. The number of ether oxygens (including phenoxy) is 1. The molecule has 0 aliphatic rings. The Morgan fingerprint density at radius 1 is 1.17 bits per heavy atom. The summed E-state index contributed by atoms with van der Waals surface area (Å²) in [4.78, 5) is 25.3. The second kappa shape index (κ2) is 8.56. The second-order valence-corrected chi connectivity index (χ2v) is 6.63. The SMILES string of the molecule is COc1ccc(NC(=O)CCNc2cc(C)nc3nc(-c4cccnc4)nn23)cc1. The number of rotatable bonds is 7.